The Morgan fingerprint density at radius 2 is 0.619 bits per heavy atom. The van der Waals surface area contributed by atoms with Gasteiger partial charge < -0.3 is 0 Å². The van der Waals surface area contributed by atoms with E-state index in [0.29, 0.717) is 21.7 Å². The van der Waals surface area contributed by atoms with Crippen LogP contribution in [0.5, 0.6) is 0 Å². The van der Waals surface area contributed by atoms with Gasteiger partial charge in [0.25, 0.3) is 0 Å². The summed E-state index contributed by atoms with van der Waals surface area (Å²) in [5.74, 6) is 9.82. The SMILES string of the molecule is C.CC(C)(C)C12CC3CC(CC(C3)C1)C2.CC(C)(C)C1C2CC3CC(C2)CC1C3.CC(C)(C)c1cc(-c2cccc(-c3cc(C(C)(C)C)cc(C(C)(C)C)c3)c2C(C)(C)C)cc(C(C)(C)C)c1.CC(C)(C)c1cccc(C(C)(C)C)c1C(C)(C)C.CCC(C)(C)C.CCCC(CC)CC(C)(C)C.Cc1cc(C)c(-c2ccccc2)c(C(C)(C)C)c1-c1ccccc1. The van der Waals surface area contributed by atoms with Crippen LogP contribution >= 0.6 is 0 Å². The third kappa shape index (κ3) is 29.5. The van der Waals surface area contributed by atoms with E-state index in [4.69, 9.17) is 0 Å². The van der Waals surface area contributed by atoms with Crippen molar-refractivity contribution in [1.29, 1.82) is 0 Å². The molecule has 0 aromatic heterocycles. The summed E-state index contributed by atoms with van der Waals surface area (Å²) in [6.07, 6.45) is 24.1. The van der Waals surface area contributed by atoms with Gasteiger partial charge in [-0.25, -0.2) is 0 Å². The summed E-state index contributed by atoms with van der Waals surface area (Å²) in [7, 11) is 0. The number of hydrogen-bond donors (Lipinski definition) is 0. The number of aryl methyl sites for hydroxylation is 2. The first-order valence-corrected chi connectivity index (χ1v) is 50.7. The molecule has 0 radical (unpaired) electrons. The molecule has 7 aromatic carbocycles. The zero-order chi connectivity index (χ0) is 94.7. The third-order valence-corrected chi connectivity index (χ3v) is 29.9. The number of hydrogen-bond acceptors (Lipinski definition) is 0. The summed E-state index contributed by atoms with van der Waals surface area (Å²) in [4.78, 5) is 0. The molecular formula is C126H200. The maximum Gasteiger partial charge on any atom is -0.0111 e. The van der Waals surface area contributed by atoms with Crippen LogP contribution in [-0.2, 0) is 48.7 Å². The van der Waals surface area contributed by atoms with Crippen molar-refractivity contribution in [1.82, 2.24) is 0 Å². The fraction of sp³-hybridized carbons (Fsp3) is 0.667. The molecule has 0 aliphatic heterocycles. The molecule has 0 nitrogen and oxygen atoms in total. The molecule has 126 heavy (non-hydrogen) atoms. The van der Waals surface area contributed by atoms with Crippen molar-refractivity contribution in [3.05, 3.63) is 201 Å². The van der Waals surface area contributed by atoms with Crippen molar-refractivity contribution >= 4 is 0 Å². The molecule has 8 saturated carbocycles. The van der Waals surface area contributed by atoms with Gasteiger partial charge >= 0.3 is 0 Å². The van der Waals surface area contributed by atoms with Crippen LogP contribution in [0.1, 0.15) is 462 Å². The minimum Gasteiger partial charge on any atom is -0.0776 e. The summed E-state index contributed by atoms with van der Waals surface area (Å²) in [5, 5.41) is 0. The molecule has 0 N–H and O–H groups in total. The first-order chi connectivity index (χ1) is 56.8. The smallest absolute Gasteiger partial charge is 0.0111 e. The Labute approximate surface area is 783 Å². The lowest BCUT2D eigenvalue weighted by Crippen LogP contribution is -2.51. The number of benzene rings is 7. The van der Waals surface area contributed by atoms with Crippen molar-refractivity contribution < 1.29 is 0 Å². The second-order valence-corrected chi connectivity index (χ2v) is 55.2. The lowest BCUT2D eigenvalue weighted by Gasteiger charge is -2.62. The summed E-state index contributed by atoms with van der Waals surface area (Å²) in [6, 6.07) is 52.3. The van der Waals surface area contributed by atoms with E-state index in [1.807, 2.05) is 0 Å². The fourth-order valence-corrected chi connectivity index (χ4v) is 23.5. The van der Waals surface area contributed by atoms with Gasteiger partial charge in [-0.15, -0.1) is 0 Å². The molecule has 8 bridgehead atoms. The van der Waals surface area contributed by atoms with Crippen LogP contribution in [0.15, 0.2) is 140 Å². The average molecular weight is 1710 g/mol. The molecule has 0 heterocycles. The number of rotatable bonds is 8. The molecule has 0 saturated heterocycles. The molecule has 0 spiro atoms. The topological polar surface area (TPSA) is 0 Å². The summed E-state index contributed by atoms with van der Waals surface area (Å²) < 4.78 is 0. The van der Waals surface area contributed by atoms with E-state index >= 15 is 0 Å². The van der Waals surface area contributed by atoms with E-state index < -0.39 is 0 Å². The van der Waals surface area contributed by atoms with Crippen molar-refractivity contribution in [2.24, 2.45) is 80.3 Å². The van der Waals surface area contributed by atoms with E-state index in [1.165, 1.54) is 138 Å². The van der Waals surface area contributed by atoms with Crippen molar-refractivity contribution in [2.75, 3.05) is 0 Å². The predicted octanol–water partition coefficient (Wildman–Crippen LogP) is 39.7. The lowest BCUT2D eigenvalue weighted by molar-refractivity contribution is -0.113. The molecule has 704 valence electrons. The van der Waals surface area contributed by atoms with Crippen LogP contribution in [0.3, 0.4) is 0 Å². The third-order valence-electron chi connectivity index (χ3n) is 29.9. The standard InChI is InChI=1S/C38H54.C24H26.C18H30.2C14H24.C11H24.C6H14.CH4/c1-34(2,3)27-19-25(20-28(23-27)35(4,5)6)31-17-16-18-32(33(31)38(13,14)15)26-21-29(36(7,8)9)24-30(22-26)37(10,11)12;1-17-16-18(2)22(20-14-10-7-11-15-20)23(24(3,4)5)21(17)19-12-8-6-9-13-19;1-16(2,3)13-11-10-12-14(17(4,5)6)15(13)18(7,8)9;1-13(2,3)14-7-10-4-11(8-14)6-12(5-10)9-14;1-14(2,3)13-11-5-9-4-10(7-11)8-12(13)6-9;1-6-8-10(7-2)9-11(3,4)5;1-5-6(2,3)4;/h16-24H,1-15H3;6-16H,1-5H3;10-12H,1-9H3;10-12H,4-9H2,1-3H3;9-13H,4-8H2,1-3H3;10H,6-9H2,1-5H3;5H2,1-4H3;1H4. The maximum atomic E-state index is 2.49. The quantitative estimate of drug-likeness (QED) is 0.142. The van der Waals surface area contributed by atoms with Gasteiger partial charge in [-0.05, 0) is 326 Å². The summed E-state index contributed by atoms with van der Waals surface area (Å²) >= 11 is 0. The molecule has 7 aromatic rings. The highest BCUT2D eigenvalue weighted by atomic mass is 14.6. The Bertz CT molecular complexity index is 4230. The molecule has 0 amide bonds. The molecule has 1 unspecified atom stereocenters. The second-order valence-electron chi connectivity index (χ2n) is 55.2. The predicted molar refractivity (Wildman–Crippen MR) is 568 cm³/mol. The fourth-order valence-electron chi connectivity index (χ4n) is 23.5. The van der Waals surface area contributed by atoms with Crippen LogP contribution in [0.4, 0.5) is 0 Å². The molecule has 1 atom stereocenters. The van der Waals surface area contributed by atoms with Crippen LogP contribution in [0.2, 0.25) is 0 Å². The molecule has 0 heteroatoms. The zero-order valence-corrected chi connectivity index (χ0v) is 90.3. The monoisotopic (exact) mass is 1710 g/mol. The van der Waals surface area contributed by atoms with E-state index in [2.05, 4.69) is 444 Å². The Morgan fingerprint density at radius 3 is 0.873 bits per heavy atom. The minimum atomic E-state index is -0.0226. The van der Waals surface area contributed by atoms with Gasteiger partial charge in [0.15, 0.2) is 0 Å². The van der Waals surface area contributed by atoms with Gasteiger partial charge in [-0.2, -0.15) is 0 Å². The first-order valence-electron chi connectivity index (χ1n) is 50.7. The Balaban J connectivity index is 0.000000241. The largest absolute Gasteiger partial charge is 0.0776 e. The normalized spacial score (nSPS) is 21.6. The second kappa shape index (κ2) is 41.4. The van der Waals surface area contributed by atoms with Gasteiger partial charge in [-0.3, -0.25) is 0 Å². The molecule has 8 aliphatic carbocycles. The molecule has 8 aliphatic rings. The van der Waals surface area contributed by atoms with E-state index in [1.54, 1.807) is 70.6 Å². The minimum absolute atomic E-state index is 0. The molecular weight excluding hydrogens is 1510 g/mol. The lowest BCUT2D eigenvalue weighted by atomic mass is 9.43. The highest BCUT2D eigenvalue weighted by Crippen LogP contribution is 2.66. The zero-order valence-electron chi connectivity index (χ0n) is 90.3. The van der Waals surface area contributed by atoms with Gasteiger partial charge in [0.2, 0.25) is 0 Å². The average Bonchev–Trinajstić information content (AvgIpc) is 0.738. The Hall–Kier alpha value is -5.46. The van der Waals surface area contributed by atoms with E-state index in [9.17, 15) is 0 Å². The maximum absolute atomic E-state index is 2.49. The van der Waals surface area contributed by atoms with Crippen molar-refractivity contribution in [3.63, 3.8) is 0 Å². The van der Waals surface area contributed by atoms with Crippen LogP contribution < -0.4 is 0 Å². The highest BCUT2D eigenvalue weighted by Gasteiger charge is 2.56. The summed E-state index contributed by atoms with van der Waals surface area (Å²) in [6.45, 7) is 103. The molecule has 15 rings (SSSR count). The Kier molecular flexibility index (Phi) is 35.9. The highest BCUT2D eigenvalue weighted by molar-refractivity contribution is 5.85. The van der Waals surface area contributed by atoms with Gasteiger partial charge in [0.1, 0.15) is 0 Å². The van der Waals surface area contributed by atoms with Crippen LogP contribution in [0, 0.1) is 94.2 Å². The first kappa shape index (κ1) is 109. The van der Waals surface area contributed by atoms with Crippen molar-refractivity contribution in [3.8, 4) is 44.5 Å². The van der Waals surface area contributed by atoms with Crippen LogP contribution in [-0.4, -0.2) is 0 Å². The van der Waals surface area contributed by atoms with Crippen molar-refractivity contribution in [2.45, 2.75) is 464 Å². The van der Waals surface area contributed by atoms with Gasteiger partial charge in [0, 0.05) is 0 Å². The Morgan fingerprint density at radius 1 is 0.310 bits per heavy atom. The van der Waals surface area contributed by atoms with E-state index in [0.717, 1.165) is 58.7 Å². The molecule has 8 fully saturated rings. The summed E-state index contributed by atoms with van der Waals surface area (Å²) in [5.41, 5.74) is 30.3. The van der Waals surface area contributed by atoms with Gasteiger partial charge in [-0.1, -0.05) is 463 Å². The van der Waals surface area contributed by atoms with Crippen LogP contribution in [0.25, 0.3) is 44.5 Å². The van der Waals surface area contributed by atoms with E-state index in [-0.39, 0.29) is 56.2 Å². The van der Waals surface area contributed by atoms with Gasteiger partial charge in [0.05, 0.1) is 0 Å².